The zero-order valence-electron chi connectivity index (χ0n) is 11.4. The topological polar surface area (TPSA) is 24.5 Å². The molecule has 0 bridgehead atoms. The second-order valence-electron chi connectivity index (χ2n) is 5.07. The number of likely N-dealkylation sites (tertiary alicyclic amines) is 1. The number of nitrogens with one attached hydrogen (secondary N) is 1. The van der Waals surface area contributed by atoms with Crippen molar-refractivity contribution in [3.8, 4) is 0 Å². The minimum atomic E-state index is 0.773. The van der Waals surface area contributed by atoms with Crippen molar-refractivity contribution in [1.29, 1.82) is 0 Å². The van der Waals surface area contributed by atoms with Crippen LogP contribution in [0, 0.1) is 5.92 Å². The van der Waals surface area contributed by atoms with Gasteiger partial charge in [-0.25, -0.2) is 0 Å². The molecular formula is C14H24N2OS. The number of methoxy groups -OCH3 is 1. The van der Waals surface area contributed by atoms with Gasteiger partial charge in [0.05, 0.1) is 0 Å². The van der Waals surface area contributed by atoms with E-state index in [-0.39, 0.29) is 0 Å². The highest BCUT2D eigenvalue weighted by Crippen LogP contribution is 2.22. The summed E-state index contributed by atoms with van der Waals surface area (Å²) in [6.45, 7) is 5.47. The molecule has 1 fully saturated rings. The first-order valence-electron chi connectivity index (χ1n) is 6.75. The van der Waals surface area contributed by atoms with E-state index >= 15 is 0 Å². The summed E-state index contributed by atoms with van der Waals surface area (Å²) in [6.07, 6.45) is 2.56. The Kier molecular flexibility index (Phi) is 5.63. The first-order chi connectivity index (χ1) is 8.81. The normalized spacial score (nSPS) is 18.3. The van der Waals surface area contributed by atoms with Crippen molar-refractivity contribution in [3.63, 3.8) is 0 Å². The number of rotatable bonds is 6. The Hall–Kier alpha value is -0.420. The van der Waals surface area contributed by atoms with Gasteiger partial charge in [-0.15, -0.1) is 11.3 Å². The molecule has 2 heterocycles. The van der Waals surface area contributed by atoms with E-state index in [4.69, 9.17) is 4.74 Å². The average Bonchev–Trinajstić information content (AvgIpc) is 2.80. The molecule has 0 spiro atoms. The Morgan fingerprint density at radius 1 is 1.33 bits per heavy atom. The highest BCUT2D eigenvalue weighted by atomic mass is 32.1. The molecule has 0 amide bonds. The van der Waals surface area contributed by atoms with Crippen LogP contribution in [0.4, 0.5) is 0 Å². The number of piperidine rings is 1. The van der Waals surface area contributed by atoms with Crippen molar-refractivity contribution >= 4 is 11.3 Å². The van der Waals surface area contributed by atoms with Gasteiger partial charge in [-0.2, -0.15) is 0 Å². The number of hydrogen-bond acceptors (Lipinski definition) is 4. The maximum absolute atomic E-state index is 5.24. The monoisotopic (exact) mass is 268 g/mol. The summed E-state index contributed by atoms with van der Waals surface area (Å²) < 4.78 is 5.24. The van der Waals surface area contributed by atoms with Crippen LogP contribution in [0.25, 0.3) is 0 Å². The molecule has 18 heavy (non-hydrogen) atoms. The Bertz CT molecular complexity index is 345. The molecule has 0 radical (unpaired) electrons. The van der Waals surface area contributed by atoms with Gasteiger partial charge < -0.3 is 10.1 Å². The van der Waals surface area contributed by atoms with Crippen molar-refractivity contribution in [1.82, 2.24) is 10.2 Å². The van der Waals surface area contributed by atoms with Crippen LogP contribution < -0.4 is 5.32 Å². The highest BCUT2D eigenvalue weighted by molar-refractivity contribution is 7.11. The Morgan fingerprint density at radius 2 is 2.06 bits per heavy atom. The maximum atomic E-state index is 5.24. The first-order valence-corrected chi connectivity index (χ1v) is 7.57. The summed E-state index contributed by atoms with van der Waals surface area (Å²) in [4.78, 5) is 5.49. The van der Waals surface area contributed by atoms with Crippen molar-refractivity contribution in [2.24, 2.45) is 5.92 Å². The summed E-state index contributed by atoms with van der Waals surface area (Å²) >= 11 is 1.93. The van der Waals surface area contributed by atoms with E-state index < -0.39 is 0 Å². The van der Waals surface area contributed by atoms with Crippen LogP contribution in [0.15, 0.2) is 12.1 Å². The summed E-state index contributed by atoms with van der Waals surface area (Å²) in [6, 6.07) is 4.52. The van der Waals surface area contributed by atoms with Gasteiger partial charge in [0.15, 0.2) is 0 Å². The molecule has 1 N–H and O–H groups in total. The van der Waals surface area contributed by atoms with E-state index in [0.29, 0.717) is 0 Å². The molecule has 4 heteroatoms. The van der Waals surface area contributed by atoms with Gasteiger partial charge in [0.2, 0.25) is 0 Å². The van der Waals surface area contributed by atoms with Crippen LogP contribution >= 0.6 is 11.3 Å². The lowest BCUT2D eigenvalue weighted by Crippen LogP contribution is -2.34. The lowest BCUT2D eigenvalue weighted by molar-refractivity contribution is 0.0972. The molecule has 2 rings (SSSR count). The van der Waals surface area contributed by atoms with E-state index in [1.165, 1.54) is 35.7 Å². The zero-order chi connectivity index (χ0) is 12.8. The predicted octanol–water partition coefficient (Wildman–Crippen LogP) is 2.33. The summed E-state index contributed by atoms with van der Waals surface area (Å²) in [7, 11) is 3.81. The predicted molar refractivity (Wildman–Crippen MR) is 77.0 cm³/mol. The van der Waals surface area contributed by atoms with Crippen LogP contribution in [0.3, 0.4) is 0 Å². The number of hydrogen-bond donors (Lipinski definition) is 1. The molecule has 1 saturated heterocycles. The minimum Gasteiger partial charge on any atom is -0.384 e. The zero-order valence-corrected chi connectivity index (χ0v) is 12.3. The first kappa shape index (κ1) is 14.0. The third-order valence-corrected chi connectivity index (χ3v) is 4.63. The van der Waals surface area contributed by atoms with Gasteiger partial charge in [0.25, 0.3) is 0 Å². The molecule has 1 aliphatic heterocycles. The van der Waals surface area contributed by atoms with Crippen LogP contribution in [-0.2, 0) is 17.8 Å². The van der Waals surface area contributed by atoms with Crippen molar-refractivity contribution < 1.29 is 4.74 Å². The fourth-order valence-corrected chi connectivity index (χ4v) is 3.62. The second kappa shape index (κ2) is 7.24. The molecule has 1 aromatic rings. The molecule has 0 saturated carbocycles. The standard InChI is InChI=1S/C14H24N2OS/c1-15-9-13-3-4-14(18-13)10-16-7-5-12(6-8-16)11-17-2/h3-4,12,15H,5-11H2,1-2H3. The van der Waals surface area contributed by atoms with Crippen LogP contribution in [-0.4, -0.2) is 38.8 Å². The fraction of sp³-hybridized carbons (Fsp3) is 0.714. The quantitative estimate of drug-likeness (QED) is 0.857. The molecule has 0 aliphatic carbocycles. The average molecular weight is 268 g/mol. The molecule has 0 unspecified atom stereocenters. The molecule has 1 aliphatic rings. The summed E-state index contributed by atoms with van der Waals surface area (Å²) in [5.74, 6) is 0.773. The number of thiophene rings is 1. The molecule has 0 atom stereocenters. The minimum absolute atomic E-state index is 0.773. The van der Waals surface area contributed by atoms with E-state index in [1.807, 2.05) is 18.4 Å². The fourth-order valence-electron chi connectivity index (χ4n) is 2.54. The highest BCUT2D eigenvalue weighted by Gasteiger charge is 2.19. The summed E-state index contributed by atoms with van der Waals surface area (Å²) in [5.41, 5.74) is 0. The second-order valence-corrected chi connectivity index (χ2v) is 6.33. The number of ether oxygens (including phenoxy) is 1. The maximum Gasteiger partial charge on any atom is 0.0491 e. The van der Waals surface area contributed by atoms with Crippen LogP contribution in [0.5, 0.6) is 0 Å². The third-order valence-electron chi connectivity index (χ3n) is 3.56. The lowest BCUT2D eigenvalue weighted by atomic mass is 9.98. The SMILES string of the molecule is CNCc1ccc(CN2CCC(COC)CC2)s1. The number of nitrogens with zero attached hydrogens (tertiary/aromatic N) is 1. The van der Waals surface area contributed by atoms with Gasteiger partial charge in [-0.1, -0.05) is 0 Å². The van der Waals surface area contributed by atoms with E-state index in [2.05, 4.69) is 22.3 Å². The van der Waals surface area contributed by atoms with Crippen molar-refractivity contribution in [3.05, 3.63) is 21.9 Å². The van der Waals surface area contributed by atoms with E-state index in [1.54, 1.807) is 7.11 Å². The largest absolute Gasteiger partial charge is 0.384 e. The third kappa shape index (κ3) is 4.05. The van der Waals surface area contributed by atoms with E-state index in [9.17, 15) is 0 Å². The molecule has 102 valence electrons. The van der Waals surface area contributed by atoms with Gasteiger partial charge >= 0.3 is 0 Å². The van der Waals surface area contributed by atoms with Gasteiger partial charge in [-0.05, 0) is 51.0 Å². The summed E-state index contributed by atoms with van der Waals surface area (Å²) in [5, 5.41) is 3.20. The van der Waals surface area contributed by atoms with Crippen LogP contribution in [0.1, 0.15) is 22.6 Å². The van der Waals surface area contributed by atoms with Crippen molar-refractivity contribution in [2.75, 3.05) is 33.9 Å². The van der Waals surface area contributed by atoms with Crippen molar-refractivity contribution in [2.45, 2.75) is 25.9 Å². The molecular weight excluding hydrogens is 244 g/mol. The Labute approximate surface area is 114 Å². The van der Waals surface area contributed by atoms with Gasteiger partial charge in [0.1, 0.15) is 0 Å². The van der Waals surface area contributed by atoms with Gasteiger partial charge in [-0.3, -0.25) is 4.90 Å². The Balaban J connectivity index is 1.76. The lowest BCUT2D eigenvalue weighted by Gasteiger charge is -2.31. The molecule has 0 aromatic carbocycles. The van der Waals surface area contributed by atoms with Gasteiger partial charge in [0, 0.05) is 36.6 Å². The van der Waals surface area contributed by atoms with Crippen LogP contribution in [0.2, 0.25) is 0 Å². The Morgan fingerprint density at radius 3 is 2.72 bits per heavy atom. The van der Waals surface area contributed by atoms with E-state index in [0.717, 1.165) is 25.6 Å². The molecule has 1 aromatic heterocycles. The molecule has 3 nitrogen and oxygen atoms in total. The smallest absolute Gasteiger partial charge is 0.0491 e.